The summed E-state index contributed by atoms with van der Waals surface area (Å²) in [5, 5.41) is 3.15. The van der Waals surface area contributed by atoms with E-state index in [4.69, 9.17) is 10.6 Å². The maximum atomic E-state index is 5.43. The molecule has 1 aromatic rings. The molecule has 0 bridgehead atoms. The molecule has 0 radical (unpaired) electrons. The lowest BCUT2D eigenvalue weighted by molar-refractivity contribution is 0.222. The molecule has 1 unspecified atom stereocenters. The summed E-state index contributed by atoms with van der Waals surface area (Å²) in [5.74, 6) is 6.61. The molecule has 0 aliphatic rings. The van der Waals surface area contributed by atoms with Crippen LogP contribution in [-0.4, -0.2) is 27.6 Å². The summed E-state index contributed by atoms with van der Waals surface area (Å²) in [5.41, 5.74) is 2.40. The Bertz CT molecular complexity index is 371. The third-order valence-corrected chi connectivity index (χ3v) is 2.39. The van der Waals surface area contributed by atoms with Crippen LogP contribution in [0.5, 0.6) is 6.01 Å². The van der Waals surface area contributed by atoms with Gasteiger partial charge in [0.05, 0.1) is 6.10 Å². The van der Waals surface area contributed by atoms with Crippen molar-refractivity contribution in [3.63, 3.8) is 0 Å². The Labute approximate surface area is 108 Å². The zero-order valence-corrected chi connectivity index (χ0v) is 11.4. The van der Waals surface area contributed by atoms with Crippen molar-refractivity contribution in [1.82, 2.24) is 15.0 Å². The van der Waals surface area contributed by atoms with Crippen LogP contribution in [0.1, 0.15) is 34.1 Å². The monoisotopic (exact) mass is 254 g/mol. The molecule has 1 aromatic heterocycles. The van der Waals surface area contributed by atoms with E-state index in [0.717, 1.165) is 13.0 Å². The number of hydrogen-bond acceptors (Lipinski definition) is 7. The molecule has 7 heteroatoms. The number of aromatic nitrogens is 3. The minimum absolute atomic E-state index is 0.000407. The van der Waals surface area contributed by atoms with E-state index in [1.165, 1.54) is 0 Å². The largest absolute Gasteiger partial charge is 0.461 e. The summed E-state index contributed by atoms with van der Waals surface area (Å²) in [6, 6.07) is 0.264. The van der Waals surface area contributed by atoms with E-state index < -0.39 is 0 Å². The van der Waals surface area contributed by atoms with Gasteiger partial charge in [0.15, 0.2) is 0 Å². The van der Waals surface area contributed by atoms with Crippen LogP contribution in [0, 0.1) is 5.92 Å². The van der Waals surface area contributed by atoms with E-state index in [2.05, 4.69) is 39.5 Å². The van der Waals surface area contributed by atoms with Gasteiger partial charge in [0.25, 0.3) is 0 Å². The van der Waals surface area contributed by atoms with Crippen LogP contribution in [0.2, 0.25) is 0 Å². The number of anilines is 2. The van der Waals surface area contributed by atoms with Crippen LogP contribution >= 0.6 is 0 Å². The molecule has 0 saturated carbocycles. The van der Waals surface area contributed by atoms with Gasteiger partial charge in [0, 0.05) is 6.54 Å². The highest BCUT2D eigenvalue weighted by molar-refractivity contribution is 5.34. The summed E-state index contributed by atoms with van der Waals surface area (Å²) < 4.78 is 5.43. The van der Waals surface area contributed by atoms with Gasteiger partial charge in [0.2, 0.25) is 11.9 Å². The first-order valence-electron chi connectivity index (χ1n) is 6.18. The SMILES string of the molecule is CCC(C)CNc1nc(NN)nc(OC(C)C)n1. The van der Waals surface area contributed by atoms with Crippen molar-refractivity contribution in [3.8, 4) is 6.01 Å². The Balaban J connectivity index is 2.76. The fourth-order valence-corrected chi connectivity index (χ4v) is 1.17. The van der Waals surface area contributed by atoms with Crippen molar-refractivity contribution >= 4 is 11.9 Å². The topological polar surface area (TPSA) is 98.0 Å². The normalized spacial score (nSPS) is 12.3. The van der Waals surface area contributed by atoms with E-state index in [1.807, 2.05) is 13.8 Å². The second-order valence-corrected chi connectivity index (χ2v) is 4.47. The molecule has 0 aromatic carbocycles. The first-order valence-corrected chi connectivity index (χ1v) is 6.18. The lowest BCUT2D eigenvalue weighted by atomic mass is 10.1. The molecule has 0 spiro atoms. The Morgan fingerprint density at radius 1 is 1.17 bits per heavy atom. The quantitative estimate of drug-likeness (QED) is 0.499. The fraction of sp³-hybridized carbons (Fsp3) is 0.727. The van der Waals surface area contributed by atoms with Gasteiger partial charge in [0.1, 0.15) is 0 Å². The highest BCUT2D eigenvalue weighted by Gasteiger charge is 2.09. The highest BCUT2D eigenvalue weighted by Crippen LogP contribution is 2.12. The van der Waals surface area contributed by atoms with Crippen molar-refractivity contribution in [1.29, 1.82) is 0 Å². The second-order valence-electron chi connectivity index (χ2n) is 4.47. The van der Waals surface area contributed by atoms with Crippen molar-refractivity contribution < 1.29 is 4.74 Å². The lowest BCUT2D eigenvalue weighted by Crippen LogP contribution is -2.18. The summed E-state index contributed by atoms with van der Waals surface area (Å²) in [6.07, 6.45) is 1.09. The average molecular weight is 254 g/mol. The Kier molecular flexibility index (Phi) is 5.57. The number of ether oxygens (including phenoxy) is 1. The molecule has 0 amide bonds. The van der Waals surface area contributed by atoms with Gasteiger partial charge in [-0.3, -0.25) is 5.43 Å². The second kappa shape index (κ2) is 6.95. The summed E-state index contributed by atoms with van der Waals surface area (Å²) >= 11 is 0. The molecular weight excluding hydrogens is 232 g/mol. The van der Waals surface area contributed by atoms with Crippen molar-refractivity contribution in [3.05, 3.63) is 0 Å². The molecule has 1 rings (SSSR count). The minimum Gasteiger partial charge on any atom is -0.461 e. The molecular formula is C11H22N6O. The van der Waals surface area contributed by atoms with Crippen LogP contribution in [0.4, 0.5) is 11.9 Å². The zero-order valence-electron chi connectivity index (χ0n) is 11.4. The molecule has 4 N–H and O–H groups in total. The van der Waals surface area contributed by atoms with Crippen molar-refractivity contribution in [2.45, 2.75) is 40.2 Å². The Morgan fingerprint density at radius 3 is 2.39 bits per heavy atom. The Hall–Kier alpha value is -1.63. The van der Waals surface area contributed by atoms with Crippen LogP contribution in [0.15, 0.2) is 0 Å². The summed E-state index contributed by atoms with van der Waals surface area (Å²) in [7, 11) is 0. The predicted octanol–water partition coefficient (Wildman–Crippen LogP) is 1.40. The van der Waals surface area contributed by atoms with E-state index in [1.54, 1.807) is 0 Å². The number of nitrogens with one attached hydrogen (secondary N) is 2. The average Bonchev–Trinajstić information content (AvgIpc) is 2.34. The first-order chi connectivity index (χ1) is 8.55. The summed E-state index contributed by atoms with van der Waals surface area (Å²) in [4.78, 5) is 12.3. The third-order valence-electron chi connectivity index (χ3n) is 2.39. The molecule has 0 fully saturated rings. The van der Waals surface area contributed by atoms with Gasteiger partial charge in [-0.1, -0.05) is 20.3 Å². The van der Waals surface area contributed by atoms with Crippen LogP contribution < -0.4 is 21.3 Å². The number of nitrogens with zero attached hydrogens (tertiary/aromatic N) is 3. The van der Waals surface area contributed by atoms with Gasteiger partial charge in [-0.2, -0.15) is 15.0 Å². The van der Waals surface area contributed by atoms with Crippen molar-refractivity contribution in [2.24, 2.45) is 11.8 Å². The van der Waals surface area contributed by atoms with Crippen LogP contribution in [-0.2, 0) is 0 Å². The van der Waals surface area contributed by atoms with Crippen LogP contribution in [0.3, 0.4) is 0 Å². The van der Waals surface area contributed by atoms with E-state index in [9.17, 15) is 0 Å². The molecule has 0 aliphatic carbocycles. The van der Waals surface area contributed by atoms with E-state index in [-0.39, 0.29) is 18.1 Å². The molecule has 1 atom stereocenters. The van der Waals surface area contributed by atoms with E-state index >= 15 is 0 Å². The molecule has 0 aliphatic heterocycles. The maximum Gasteiger partial charge on any atom is 0.323 e. The smallest absolute Gasteiger partial charge is 0.323 e. The van der Waals surface area contributed by atoms with Crippen molar-refractivity contribution in [2.75, 3.05) is 17.3 Å². The Morgan fingerprint density at radius 2 is 1.83 bits per heavy atom. The molecule has 1 heterocycles. The standard InChI is InChI=1S/C11H22N6O/c1-5-8(4)6-13-9-14-10(17-12)16-11(15-9)18-7(2)3/h7-8H,5-6,12H2,1-4H3,(H2,13,14,15,16,17). The highest BCUT2D eigenvalue weighted by atomic mass is 16.5. The molecule has 102 valence electrons. The first kappa shape index (κ1) is 14.4. The van der Waals surface area contributed by atoms with Gasteiger partial charge >= 0.3 is 6.01 Å². The molecule has 18 heavy (non-hydrogen) atoms. The molecule has 0 saturated heterocycles. The lowest BCUT2D eigenvalue weighted by Gasteiger charge is -2.12. The predicted molar refractivity (Wildman–Crippen MR) is 71.3 cm³/mol. The maximum absolute atomic E-state index is 5.43. The van der Waals surface area contributed by atoms with Crippen LogP contribution in [0.25, 0.3) is 0 Å². The number of nitrogens with two attached hydrogens (primary N) is 1. The fourth-order valence-electron chi connectivity index (χ4n) is 1.17. The van der Waals surface area contributed by atoms with Gasteiger partial charge in [-0.15, -0.1) is 0 Å². The van der Waals surface area contributed by atoms with Gasteiger partial charge < -0.3 is 10.1 Å². The zero-order chi connectivity index (χ0) is 13.5. The number of hydrazine groups is 1. The molecule has 7 nitrogen and oxygen atoms in total. The number of nitrogen functional groups attached to an aromatic ring is 1. The number of rotatable bonds is 7. The van der Waals surface area contributed by atoms with E-state index in [0.29, 0.717) is 11.9 Å². The summed E-state index contributed by atoms with van der Waals surface area (Å²) in [6.45, 7) is 8.91. The number of hydrogen-bond donors (Lipinski definition) is 3. The van der Waals surface area contributed by atoms with Gasteiger partial charge in [-0.05, 0) is 19.8 Å². The van der Waals surface area contributed by atoms with Gasteiger partial charge in [-0.25, -0.2) is 5.84 Å². The minimum atomic E-state index is 0.000407. The third kappa shape index (κ3) is 4.70.